The number of carbonyl (C=O) groups is 2. The Bertz CT molecular complexity index is 958. The van der Waals surface area contributed by atoms with Gasteiger partial charge in [-0.25, -0.2) is 0 Å². The van der Waals surface area contributed by atoms with E-state index >= 15 is 0 Å². The minimum Gasteiger partial charge on any atom is -0.495 e. The van der Waals surface area contributed by atoms with Crippen molar-refractivity contribution in [1.82, 2.24) is 4.90 Å². The SMILES string of the molecule is COc1ccc(C)c2c1N(C(=O)C1CCCN(C(=O)c3ccc(Cl)cc3)C1)CCC2. The zero-order chi connectivity index (χ0) is 21.3. The number of anilines is 1. The molecule has 5 nitrogen and oxygen atoms in total. The van der Waals surface area contributed by atoms with E-state index in [1.165, 1.54) is 11.1 Å². The molecule has 2 aromatic carbocycles. The van der Waals surface area contributed by atoms with Gasteiger partial charge < -0.3 is 14.5 Å². The number of benzene rings is 2. The quantitative estimate of drug-likeness (QED) is 0.726. The Labute approximate surface area is 182 Å². The second-order valence-corrected chi connectivity index (χ2v) is 8.54. The minimum atomic E-state index is -0.203. The van der Waals surface area contributed by atoms with Crippen molar-refractivity contribution < 1.29 is 14.3 Å². The molecule has 0 spiro atoms. The van der Waals surface area contributed by atoms with Crippen molar-refractivity contribution in [3.63, 3.8) is 0 Å². The van der Waals surface area contributed by atoms with Crippen molar-refractivity contribution in [1.29, 1.82) is 0 Å². The first kappa shape index (κ1) is 20.7. The van der Waals surface area contributed by atoms with E-state index in [0.717, 1.165) is 37.1 Å². The highest BCUT2D eigenvalue weighted by Gasteiger charge is 2.35. The molecule has 2 aliphatic rings. The Hall–Kier alpha value is -2.53. The maximum Gasteiger partial charge on any atom is 0.253 e. The summed E-state index contributed by atoms with van der Waals surface area (Å²) in [5.41, 5.74) is 3.90. The van der Waals surface area contributed by atoms with Crippen LogP contribution in [-0.2, 0) is 11.2 Å². The van der Waals surface area contributed by atoms with Crippen LogP contribution in [0.1, 0.15) is 40.7 Å². The molecule has 158 valence electrons. The molecule has 2 heterocycles. The largest absolute Gasteiger partial charge is 0.495 e. The van der Waals surface area contributed by atoms with Crippen LogP contribution >= 0.6 is 11.6 Å². The fourth-order valence-electron chi connectivity index (χ4n) is 4.60. The van der Waals surface area contributed by atoms with E-state index in [9.17, 15) is 9.59 Å². The first-order valence-electron chi connectivity index (χ1n) is 10.5. The third kappa shape index (κ3) is 3.91. The Morgan fingerprint density at radius 1 is 1.07 bits per heavy atom. The molecule has 4 rings (SSSR count). The molecule has 2 amide bonds. The molecule has 1 atom stereocenters. The lowest BCUT2D eigenvalue weighted by atomic mass is 9.92. The summed E-state index contributed by atoms with van der Waals surface area (Å²) >= 11 is 5.94. The van der Waals surface area contributed by atoms with Crippen LogP contribution in [0, 0.1) is 12.8 Å². The first-order chi connectivity index (χ1) is 14.5. The Morgan fingerprint density at radius 3 is 2.57 bits per heavy atom. The Kier molecular flexibility index (Phi) is 6.00. The molecule has 1 saturated heterocycles. The van der Waals surface area contributed by atoms with E-state index in [4.69, 9.17) is 16.3 Å². The van der Waals surface area contributed by atoms with Gasteiger partial charge in [-0.05, 0) is 74.1 Å². The van der Waals surface area contributed by atoms with Gasteiger partial charge in [-0.3, -0.25) is 9.59 Å². The molecule has 1 fully saturated rings. The number of ether oxygens (including phenoxy) is 1. The normalized spacial score (nSPS) is 18.7. The molecular formula is C24H27ClN2O3. The zero-order valence-electron chi connectivity index (χ0n) is 17.5. The highest BCUT2D eigenvalue weighted by molar-refractivity contribution is 6.30. The van der Waals surface area contributed by atoms with Crippen LogP contribution in [0.5, 0.6) is 5.75 Å². The molecule has 0 saturated carbocycles. The molecule has 1 unspecified atom stereocenters. The number of amides is 2. The van der Waals surface area contributed by atoms with Gasteiger partial charge in [0.15, 0.2) is 0 Å². The van der Waals surface area contributed by atoms with Gasteiger partial charge in [0, 0.05) is 30.2 Å². The monoisotopic (exact) mass is 426 g/mol. The van der Waals surface area contributed by atoms with E-state index in [1.54, 1.807) is 36.3 Å². The van der Waals surface area contributed by atoms with Crippen molar-refractivity contribution in [2.24, 2.45) is 5.92 Å². The number of hydrogen-bond acceptors (Lipinski definition) is 3. The number of nitrogens with zero attached hydrogens (tertiary/aromatic N) is 2. The second-order valence-electron chi connectivity index (χ2n) is 8.10. The van der Waals surface area contributed by atoms with Crippen molar-refractivity contribution in [3.8, 4) is 5.75 Å². The van der Waals surface area contributed by atoms with Crippen LogP contribution in [-0.4, -0.2) is 43.5 Å². The molecular weight excluding hydrogens is 400 g/mol. The average Bonchev–Trinajstić information content (AvgIpc) is 2.79. The lowest BCUT2D eigenvalue weighted by molar-refractivity contribution is -0.123. The summed E-state index contributed by atoms with van der Waals surface area (Å²) < 4.78 is 5.59. The van der Waals surface area contributed by atoms with E-state index in [2.05, 4.69) is 13.0 Å². The number of aryl methyl sites for hydroxylation is 1. The Balaban J connectivity index is 1.55. The topological polar surface area (TPSA) is 49.9 Å². The van der Waals surface area contributed by atoms with Crippen LogP contribution < -0.4 is 9.64 Å². The summed E-state index contributed by atoms with van der Waals surface area (Å²) in [5.74, 6) is 0.588. The molecule has 0 radical (unpaired) electrons. The average molecular weight is 427 g/mol. The van der Waals surface area contributed by atoms with Crippen LogP contribution in [0.3, 0.4) is 0 Å². The van der Waals surface area contributed by atoms with Gasteiger partial charge in [0.2, 0.25) is 5.91 Å². The lowest BCUT2D eigenvalue weighted by Crippen LogP contribution is -2.48. The predicted octanol–water partition coefficient (Wildman–Crippen LogP) is 4.49. The minimum absolute atomic E-state index is 0.0448. The van der Waals surface area contributed by atoms with Crippen molar-refractivity contribution in [2.75, 3.05) is 31.6 Å². The summed E-state index contributed by atoms with van der Waals surface area (Å²) in [4.78, 5) is 30.2. The highest BCUT2D eigenvalue weighted by Crippen LogP contribution is 2.39. The van der Waals surface area contributed by atoms with Gasteiger partial charge in [0.25, 0.3) is 5.91 Å². The first-order valence-corrected chi connectivity index (χ1v) is 10.9. The van der Waals surface area contributed by atoms with Crippen molar-refractivity contribution in [3.05, 3.63) is 58.1 Å². The number of methoxy groups -OCH3 is 1. The smallest absolute Gasteiger partial charge is 0.253 e. The van der Waals surface area contributed by atoms with Crippen molar-refractivity contribution in [2.45, 2.75) is 32.6 Å². The fraction of sp³-hybridized carbons (Fsp3) is 0.417. The van der Waals surface area contributed by atoms with Gasteiger partial charge in [0.05, 0.1) is 18.7 Å². The maximum absolute atomic E-state index is 13.6. The lowest BCUT2D eigenvalue weighted by Gasteiger charge is -2.38. The van der Waals surface area contributed by atoms with Gasteiger partial charge >= 0.3 is 0 Å². The van der Waals surface area contributed by atoms with Crippen LogP contribution in [0.25, 0.3) is 0 Å². The molecule has 2 aliphatic heterocycles. The molecule has 0 bridgehead atoms. The molecule has 2 aromatic rings. The van der Waals surface area contributed by atoms with E-state index < -0.39 is 0 Å². The zero-order valence-corrected chi connectivity index (χ0v) is 18.2. The number of rotatable bonds is 3. The number of likely N-dealkylation sites (tertiary alicyclic amines) is 1. The molecule has 0 N–H and O–H groups in total. The van der Waals surface area contributed by atoms with Crippen LogP contribution in [0.4, 0.5) is 5.69 Å². The standard InChI is InChI=1S/C24H27ClN2O3/c1-16-7-12-21(30-2)22-20(16)6-4-14-27(22)24(29)18-5-3-13-26(15-18)23(28)17-8-10-19(25)11-9-17/h7-12,18H,3-6,13-15H2,1-2H3. The fourth-order valence-corrected chi connectivity index (χ4v) is 4.72. The van der Waals surface area contributed by atoms with Gasteiger partial charge in [0.1, 0.15) is 5.75 Å². The second kappa shape index (κ2) is 8.68. The molecule has 30 heavy (non-hydrogen) atoms. The molecule has 6 heteroatoms. The summed E-state index contributed by atoms with van der Waals surface area (Å²) in [6, 6.07) is 10.9. The highest BCUT2D eigenvalue weighted by atomic mass is 35.5. The van der Waals surface area contributed by atoms with Crippen molar-refractivity contribution >= 4 is 29.1 Å². The van der Waals surface area contributed by atoms with E-state index in [-0.39, 0.29) is 17.7 Å². The van der Waals surface area contributed by atoms with E-state index in [0.29, 0.717) is 30.2 Å². The van der Waals surface area contributed by atoms with Gasteiger partial charge in [-0.15, -0.1) is 0 Å². The summed E-state index contributed by atoms with van der Waals surface area (Å²) in [6.07, 6.45) is 3.51. The van der Waals surface area contributed by atoms with E-state index in [1.807, 2.05) is 11.0 Å². The summed E-state index contributed by atoms with van der Waals surface area (Å²) in [5, 5.41) is 0.603. The number of hydrogen-bond donors (Lipinski definition) is 0. The van der Waals surface area contributed by atoms with Crippen LogP contribution in [0.2, 0.25) is 5.02 Å². The Morgan fingerprint density at radius 2 is 1.83 bits per heavy atom. The van der Waals surface area contributed by atoms with Gasteiger partial charge in [-0.2, -0.15) is 0 Å². The third-order valence-corrected chi connectivity index (χ3v) is 6.45. The summed E-state index contributed by atoms with van der Waals surface area (Å²) in [7, 11) is 1.65. The van der Waals surface area contributed by atoms with Gasteiger partial charge in [-0.1, -0.05) is 17.7 Å². The molecule has 0 aromatic heterocycles. The molecule has 0 aliphatic carbocycles. The maximum atomic E-state index is 13.6. The third-order valence-electron chi connectivity index (χ3n) is 6.19. The predicted molar refractivity (Wildman–Crippen MR) is 118 cm³/mol. The number of carbonyl (C=O) groups excluding carboxylic acids is 2. The number of fused-ring (bicyclic) bond motifs is 1. The van der Waals surface area contributed by atoms with Crippen LogP contribution in [0.15, 0.2) is 36.4 Å². The summed E-state index contributed by atoms with van der Waals surface area (Å²) in [6.45, 7) is 3.89. The number of piperidine rings is 1. The number of halogens is 1.